The van der Waals surface area contributed by atoms with Crippen LogP contribution in [-0.4, -0.2) is 27.8 Å². The van der Waals surface area contributed by atoms with Gasteiger partial charge in [0.05, 0.1) is 18.4 Å². The molecule has 0 amide bonds. The molecule has 0 aromatic heterocycles. The Bertz CT molecular complexity index is 462. The highest BCUT2D eigenvalue weighted by atomic mass is 32.2. The number of esters is 1. The first-order valence-electron chi connectivity index (χ1n) is 4.29. The van der Waals surface area contributed by atoms with Crippen LogP contribution in [0.4, 0.5) is 0 Å². The van der Waals surface area contributed by atoms with Gasteiger partial charge >= 0.3 is 5.97 Å². The average molecular weight is 228 g/mol. The minimum absolute atomic E-state index is 0.0832. The summed E-state index contributed by atoms with van der Waals surface area (Å²) in [5.74, 6) is -0.388. The van der Waals surface area contributed by atoms with Crippen molar-refractivity contribution in [1.82, 2.24) is 0 Å². The molecule has 1 aromatic rings. The van der Waals surface area contributed by atoms with Crippen LogP contribution in [0.1, 0.15) is 5.56 Å². The lowest BCUT2D eigenvalue weighted by Gasteiger charge is -2.02. The van der Waals surface area contributed by atoms with Crippen molar-refractivity contribution in [3.63, 3.8) is 0 Å². The second-order valence-corrected chi connectivity index (χ2v) is 5.19. The molecule has 4 nitrogen and oxygen atoms in total. The maximum absolute atomic E-state index is 11.2. The average Bonchev–Trinajstić information content (AvgIpc) is 2.17. The lowest BCUT2D eigenvalue weighted by molar-refractivity contribution is -0.139. The van der Waals surface area contributed by atoms with E-state index >= 15 is 0 Å². The van der Waals surface area contributed by atoms with Crippen molar-refractivity contribution in [3.8, 4) is 0 Å². The van der Waals surface area contributed by atoms with Gasteiger partial charge in [0.1, 0.15) is 0 Å². The third-order valence-electron chi connectivity index (χ3n) is 1.90. The molecule has 0 aliphatic heterocycles. The number of benzene rings is 1. The van der Waals surface area contributed by atoms with Crippen molar-refractivity contribution in [2.75, 3.05) is 13.4 Å². The zero-order valence-corrected chi connectivity index (χ0v) is 9.37. The van der Waals surface area contributed by atoms with E-state index in [0.29, 0.717) is 5.56 Å². The fraction of sp³-hybridized carbons (Fsp3) is 0.300. The summed E-state index contributed by atoms with van der Waals surface area (Å²) in [5.41, 5.74) is 0.629. The van der Waals surface area contributed by atoms with Crippen LogP contribution in [0.2, 0.25) is 0 Å². The maximum atomic E-state index is 11.2. The van der Waals surface area contributed by atoms with Gasteiger partial charge in [-0.15, -0.1) is 0 Å². The van der Waals surface area contributed by atoms with Crippen molar-refractivity contribution in [2.24, 2.45) is 0 Å². The highest BCUT2D eigenvalue weighted by molar-refractivity contribution is 7.90. The maximum Gasteiger partial charge on any atom is 0.309 e. The van der Waals surface area contributed by atoms with Gasteiger partial charge in [-0.25, -0.2) is 8.42 Å². The molecule has 0 fully saturated rings. The Morgan fingerprint density at radius 1 is 1.40 bits per heavy atom. The van der Waals surface area contributed by atoms with Crippen molar-refractivity contribution in [1.29, 1.82) is 0 Å². The number of rotatable bonds is 3. The summed E-state index contributed by atoms with van der Waals surface area (Å²) >= 11 is 0. The molecule has 0 aliphatic rings. The number of carbonyl (C=O) groups is 1. The number of ether oxygens (including phenoxy) is 1. The van der Waals surface area contributed by atoms with Gasteiger partial charge in [-0.3, -0.25) is 4.79 Å². The third kappa shape index (κ3) is 3.36. The third-order valence-corrected chi connectivity index (χ3v) is 3.01. The highest BCUT2D eigenvalue weighted by Crippen LogP contribution is 2.11. The lowest BCUT2D eigenvalue weighted by Crippen LogP contribution is -2.05. The number of carbonyl (C=O) groups excluding carboxylic acids is 1. The second-order valence-electron chi connectivity index (χ2n) is 3.17. The molecule has 0 spiro atoms. The monoisotopic (exact) mass is 228 g/mol. The van der Waals surface area contributed by atoms with E-state index in [9.17, 15) is 13.2 Å². The Hall–Kier alpha value is -1.36. The molecular formula is C10H12O4S. The van der Waals surface area contributed by atoms with Gasteiger partial charge < -0.3 is 4.74 Å². The molecule has 0 bridgehead atoms. The Morgan fingerprint density at radius 3 is 2.60 bits per heavy atom. The molecule has 1 aromatic carbocycles. The SMILES string of the molecule is COC(=O)Cc1cccc(S(C)(=O)=O)c1. The summed E-state index contributed by atoms with van der Waals surface area (Å²) in [4.78, 5) is 11.2. The van der Waals surface area contributed by atoms with Crippen molar-refractivity contribution < 1.29 is 17.9 Å². The predicted molar refractivity (Wildman–Crippen MR) is 55.3 cm³/mol. The quantitative estimate of drug-likeness (QED) is 0.718. The van der Waals surface area contributed by atoms with E-state index in [1.165, 1.54) is 19.2 Å². The molecule has 0 N–H and O–H groups in total. The molecule has 0 saturated heterocycles. The lowest BCUT2D eigenvalue weighted by atomic mass is 10.1. The van der Waals surface area contributed by atoms with Crippen molar-refractivity contribution in [3.05, 3.63) is 29.8 Å². The van der Waals surface area contributed by atoms with Crippen LogP contribution in [0.15, 0.2) is 29.2 Å². The molecule has 82 valence electrons. The van der Waals surface area contributed by atoms with Gasteiger partial charge in [-0.1, -0.05) is 12.1 Å². The smallest absolute Gasteiger partial charge is 0.309 e. The van der Waals surface area contributed by atoms with Crippen LogP contribution in [0.25, 0.3) is 0 Å². The Morgan fingerprint density at radius 2 is 2.07 bits per heavy atom. The minimum Gasteiger partial charge on any atom is -0.469 e. The van der Waals surface area contributed by atoms with Gasteiger partial charge in [-0.05, 0) is 17.7 Å². The van der Waals surface area contributed by atoms with Crippen LogP contribution >= 0.6 is 0 Å². The molecule has 0 unspecified atom stereocenters. The molecule has 15 heavy (non-hydrogen) atoms. The van der Waals surface area contributed by atoms with Crippen LogP contribution < -0.4 is 0 Å². The summed E-state index contributed by atoms with van der Waals surface area (Å²) in [6, 6.07) is 6.27. The predicted octanol–water partition coefficient (Wildman–Crippen LogP) is 0.806. The molecular weight excluding hydrogens is 216 g/mol. The molecule has 0 heterocycles. The molecule has 0 aliphatic carbocycles. The van der Waals surface area contributed by atoms with E-state index in [0.717, 1.165) is 6.26 Å². The zero-order valence-electron chi connectivity index (χ0n) is 8.56. The number of hydrogen-bond donors (Lipinski definition) is 0. The fourth-order valence-corrected chi connectivity index (χ4v) is 1.82. The van der Waals surface area contributed by atoms with E-state index in [2.05, 4.69) is 4.74 Å². The van der Waals surface area contributed by atoms with E-state index in [1.54, 1.807) is 12.1 Å². The normalized spacial score (nSPS) is 11.1. The van der Waals surface area contributed by atoms with Crippen LogP contribution in [0.5, 0.6) is 0 Å². The fourth-order valence-electron chi connectivity index (χ4n) is 1.12. The van der Waals surface area contributed by atoms with Crippen LogP contribution in [0, 0.1) is 0 Å². The summed E-state index contributed by atoms with van der Waals surface area (Å²) in [6.45, 7) is 0. The Balaban J connectivity index is 2.99. The van der Waals surface area contributed by atoms with Crippen LogP contribution in [0.3, 0.4) is 0 Å². The summed E-state index contributed by atoms with van der Waals surface area (Å²) in [5, 5.41) is 0. The van der Waals surface area contributed by atoms with E-state index in [-0.39, 0.29) is 17.3 Å². The first-order valence-corrected chi connectivity index (χ1v) is 6.18. The first kappa shape index (κ1) is 11.7. The van der Waals surface area contributed by atoms with E-state index < -0.39 is 9.84 Å². The largest absolute Gasteiger partial charge is 0.469 e. The summed E-state index contributed by atoms with van der Waals surface area (Å²) in [6.07, 6.45) is 1.21. The van der Waals surface area contributed by atoms with E-state index in [1.807, 2.05) is 0 Å². The summed E-state index contributed by atoms with van der Waals surface area (Å²) in [7, 11) is -1.93. The molecule has 0 radical (unpaired) electrons. The van der Waals surface area contributed by atoms with Gasteiger partial charge in [0.2, 0.25) is 0 Å². The number of methoxy groups -OCH3 is 1. The van der Waals surface area contributed by atoms with E-state index in [4.69, 9.17) is 0 Å². The zero-order chi connectivity index (χ0) is 11.5. The topological polar surface area (TPSA) is 60.4 Å². The number of hydrogen-bond acceptors (Lipinski definition) is 4. The van der Waals surface area contributed by atoms with Crippen molar-refractivity contribution >= 4 is 15.8 Å². The standard InChI is InChI=1S/C10H12O4S/c1-14-10(11)7-8-4-3-5-9(6-8)15(2,12)13/h3-6H,7H2,1-2H3. The van der Waals surface area contributed by atoms with Crippen molar-refractivity contribution in [2.45, 2.75) is 11.3 Å². The first-order chi connectivity index (χ1) is 6.93. The van der Waals surface area contributed by atoms with Gasteiger partial charge in [0.15, 0.2) is 9.84 Å². The van der Waals surface area contributed by atoms with Crippen LogP contribution in [-0.2, 0) is 25.8 Å². The summed E-state index contributed by atoms with van der Waals surface area (Å²) < 4.78 is 26.9. The second kappa shape index (κ2) is 4.44. The number of sulfone groups is 1. The molecule has 5 heteroatoms. The molecule has 1 rings (SSSR count). The Labute approximate surface area is 88.8 Å². The minimum atomic E-state index is -3.22. The van der Waals surface area contributed by atoms with Gasteiger partial charge in [0.25, 0.3) is 0 Å². The molecule has 0 saturated carbocycles. The van der Waals surface area contributed by atoms with Gasteiger partial charge in [0, 0.05) is 6.26 Å². The highest BCUT2D eigenvalue weighted by Gasteiger charge is 2.09. The Kier molecular flexibility index (Phi) is 3.47. The van der Waals surface area contributed by atoms with Gasteiger partial charge in [-0.2, -0.15) is 0 Å². The molecule has 0 atom stereocenters.